The lowest BCUT2D eigenvalue weighted by Gasteiger charge is -2.12. The summed E-state index contributed by atoms with van der Waals surface area (Å²) < 4.78 is 4.44. The predicted molar refractivity (Wildman–Crippen MR) is 126 cm³/mol. The molecule has 4 aromatic heterocycles. The fourth-order valence-electron chi connectivity index (χ4n) is 4.71. The van der Waals surface area contributed by atoms with Crippen LogP contribution in [0.1, 0.15) is 0 Å². The number of benzene rings is 3. The first kappa shape index (κ1) is 17.1. The Balaban J connectivity index is 1.55. The standard InChI is InChI=1S/C26H16N6/c1-3-10-21-19(8-1)25-23(13-27-15-29-25)31(21)17-6-5-7-18(12-17)32-22-11-4-2-9-20(22)26-24(32)14-28-16-30-26/h1-16H. The molecule has 0 unspecified atom stereocenters. The molecule has 6 nitrogen and oxygen atoms in total. The third-order valence-electron chi connectivity index (χ3n) is 6.01. The Hall–Kier alpha value is -4.58. The van der Waals surface area contributed by atoms with Gasteiger partial charge in [-0.1, -0.05) is 42.5 Å². The van der Waals surface area contributed by atoms with Gasteiger partial charge in [-0.15, -0.1) is 0 Å². The van der Waals surface area contributed by atoms with Crippen molar-refractivity contribution >= 4 is 43.9 Å². The molecule has 0 spiro atoms. The topological polar surface area (TPSA) is 61.4 Å². The first-order chi connectivity index (χ1) is 15.9. The van der Waals surface area contributed by atoms with Gasteiger partial charge in [0.15, 0.2) is 0 Å². The molecule has 32 heavy (non-hydrogen) atoms. The Morgan fingerprint density at radius 3 is 1.53 bits per heavy atom. The zero-order valence-electron chi connectivity index (χ0n) is 16.9. The fourth-order valence-corrected chi connectivity index (χ4v) is 4.71. The zero-order chi connectivity index (χ0) is 21.1. The van der Waals surface area contributed by atoms with Crippen LogP contribution in [0.3, 0.4) is 0 Å². The van der Waals surface area contributed by atoms with Crippen LogP contribution in [-0.4, -0.2) is 29.1 Å². The van der Waals surface area contributed by atoms with E-state index in [1.54, 1.807) is 12.7 Å². The lowest BCUT2D eigenvalue weighted by atomic mass is 10.2. The Bertz CT molecular complexity index is 1560. The molecular formula is C26H16N6. The fraction of sp³-hybridized carbons (Fsp3) is 0. The average Bonchev–Trinajstić information content (AvgIpc) is 3.37. The highest BCUT2D eigenvalue weighted by atomic mass is 15.0. The third-order valence-corrected chi connectivity index (χ3v) is 6.01. The van der Waals surface area contributed by atoms with Crippen LogP contribution in [0, 0.1) is 0 Å². The lowest BCUT2D eigenvalue weighted by molar-refractivity contribution is 1.11. The van der Waals surface area contributed by atoms with Crippen molar-refractivity contribution in [3.63, 3.8) is 0 Å². The van der Waals surface area contributed by atoms with E-state index in [1.165, 1.54) is 0 Å². The maximum absolute atomic E-state index is 4.56. The van der Waals surface area contributed by atoms with Gasteiger partial charge in [-0.25, -0.2) is 19.9 Å². The van der Waals surface area contributed by atoms with E-state index in [-0.39, 0.29) is 0 Å². The number of hydrogen-bond donors (Lipinski definition) is 0. The maximum Gasteiger partial charge on any atom is 0.116 e. The summed E-state index contributed by atoms with van der Waals surface area (Å²) in [5.74, 6) is 0. The molecule has 7 aromatic rings. The van der Waals surface area contributed by atoms with Crippen molar-refractivity contribution in [1.82, 2.24) is 29.1 Å². The van der Waals surface area contributed by atoms with Gasteiger partial charge < -0.3 is 9.13 Å². The van der Waals surface area contributed by atoms with Crippen molar-refractivity contribution in [3.8, 4) is 11.4 Å². The Morgan fingerprint density at radius 2 is 1.00 bits per heavy atom. The number of rotatable bonds is 2. The first-order valence-electron chi connectivity index (χ1n) is 10.4. The molecule has 0 aliphatic rings. The zero-order valence-corrected chi connectivity index (χ0v) is 16.9. The van der Waals surface area contributed by atoms with Crippen LogP contribution in [0.25, 0.3) is 55.2 Å². The van der Waals surface area contributed by atoms with Crippen molar-refractivity contribution in [2.45, 2.75) is 0 Å². The average molecular weight is 412 g/mol. The van der Waals surface area contributed by atoms with Gasteiger partial charge in [0.05, 0.1) is 45.5 Å². The maximum atomic E-state index is 4.56. The monoisotopic (exact) mass is 412 g/mol. The van der Waals surface area contributed by atoms with Crippen molar-refractivity contribution in [3.05, 3.63) is 97.8 Å². The molecule has 0 saturated heterocycles. The van der Waals surface area contributed by atoms with E-state index in [1.807, 2.05) is 24.5 Å². The van der Waals surface area contributed by atoms with Crippen LogP contribution >= 0.6 is 0 Å². The SMILES string of the molecule is c1cc(-n2c3ccccc3c3ncncc32)cc(-n2c3ccccc3c3ncncc32)c1. The van der Waals surface area contributed by atoms with E-state index in [9.17, 15) is 0 Å². The van der Waals surface area contributed by atoms with E-state index in [0.717, 1.165) is 55.2 Å². The molecule has 0 bridgehead atoms. The van der Waals surface area contributed by atoms with Crippen LogP contribution in [0.2, 0.25) is 0 Å². The van der Waals surface area contributed by atoms with Crippen LogP contribution < -0.4 is 0 Å². The highest BCUT2D eigenvalue weighted by Gasteiger charge is 2.16. The Labute approximate surface area is 182 Å². The highest BCUT2D eigenvalue weighted by Crippen LogP contribution is 2.33. The molecule has 0 aliphatic heterocycles. The summed E-state index contributed by atoms with van der Waals surface area (Å²) in [6.45, 7) is 0. The second-order valence-electron chi connectivity index (χ2n) is 7.74. The molecule has 0 amide bonds. The minimum absolute atomic E-state index is 0.950. The molecule has 4 heterocycles. The van der Waals surface area contributed by atoms with Crippen molar-refractivity contribution in [1.29, 1.82) is 0 Å². The van der Waals surface area contributed by atoms with Gasteiger partial charge in [-0.05, 0) is 30.3 Å². The summed E-state index contributed by atoms with van der Waals surface area (Å²) in [6, 6.07) is 25.2. The minimum atomic E-state index is 0.950. The van der Waals surface area contributed by atoms with Gasteiger partial charge in [0.1, 0.15) is 12.7 Å². The van der Waals surface area contributed by atoms with Gasteiger partial charge in [-0.2, -0.15) is 0 Å². The third kappa shape index (κ3) is 2.29. The first-order valence-corrected chi connectivity index (χ1v) is 10.4. The van der Waals surface area contributed by atoms with Crippen LogP contribution in [0.4, 0.5) is 0 Å². The smallest absolute Gasteiger partial charge is 0.116 e. The van der Waals surface area contributed by atoms with Crippen LogP contribution in [0.5, 0.6) is 0 Å². The summed E-state index contributed by atoms with van der Waals surface area (Å²) in [5.41, 5.74) is 8.17. The largest absolute Gasteiger partial charge is 0.306 e. The normalized spacial score (nSPS) is 11.8. The molecular weight excluding hydrogens is 396 g/mol. The van der Waals surface area contributed by atoms with Gasteiger partial charge in [-0.3, -0.25) is 0 Å². The van der Waals surface area contributed by atoms with Crippen molar-refractivity contribution in [2.24, 2.45) is 0 Å². The molecule has 0 saturated carbocycles. The van der Waals surface area contributed by atoms with Crippen LogP contribution in [0.15, 0.2) is 97.8 Å². The van der Waals surface area contributed by atoms with Gasteiger partial charge in [0, 0.05) is 22.1 Å². The molecule has 0 atom stereocenters. The van der Waals surface area contributed by atoms with Crippen molar-refractivity contribution < 1.29 is 0 Å². The van der Waals surface area contributed by atoms with E-state index in [2.05, 4.69) is 89.7 Å². The van der Waals surface area contributed by atoms with Gasteiger partial charge in [0.25, 0.3) is 0 Å². The summed E-state index contributed by atoms with van der Waals surface area (Å²) in [5, 5.41) is 2.22. The summed E-state index contributed by atoms with van der Waals surface area (Å²) in [4.78, 5) is 17.7. The highest BCUT2D eigenvalue weighted by molar-refractivity contribution is 6.08. The summed E-state index contributed by atoms with van der Waals surface area (Å²) >= 11 is 0. The van der Waals surface area contributed by atoms with Crippen molar-refractivity contribution in [2.75, 3.05) is 0 Å². The summed E-state index contributed by atoms with van der Waals surface area (Å²) in [7, 11) is 0. The Morgan fingerprint density at radius 1 is 0.500 bits per heavy atom. The Kier molecular flexibility index (Phi) is 3.46. The quantitative estimate of drug-likeness (QED) is 0.378. The molecule has 7 rings (SSSR count). The van der Waals surface area contributed by atoms with E-state index < -0.39 is 0 Å². The lowest BCUT2D eigenvalue weighted by Crippen LogP contribution is -1.99. The molecule has 0 aliphatic carbocycles. The number of hydrogen-bond acceptors (Lipinski definition) is 4. The van der Waals surface area contributed by atoms with E-state index in [0.29, 0.717) is 0 Å². The van der Waals surface area contributed by atoms with Gasteiger partial charge >= 0.3 is 0 Å². The number of nitrogens with zero attached hydrogens (tertiary/aromatic N) is 6. The molecule has 150 valence electrons. The van der Waals surface area contributed by atoms with E-state index in [4.69, 9.17) is 0 Å². The number of para-hydroxylation sites is 2. The molecule has 0 N–H and O–H groups in total. The van der Waals surface area contributed by atoms with Gasteiger partial charge in [0.2, 0.25) is 0 Å². The predicted octanol–water partition coefficient (Wildman–Crippen LogP) is 5.46. The molecule has 0 radical (unpaired) electrons. The van der Waals surface area contributed by atoms with E-state index >= 15 is 0 Å². The summed E-state index contributed by atoms with van der Waals surface area (Å²) in [6.07, 6.45) is 6.97. The minimum Gasteiger partial charge on any atom is -0.306 e. The molecule has 3 aromatic carbocycles. The number of aromatic nitrogens is 6. The second kappa shape index (κ2) is 6.46. The number of fused-ring (bicyclic) bond motifs is 6. The van der Waals surface area contributed by atoms with Crippen LogP contribution in [-0.2, 0) is 0 Å². The second-order valence-corrected chi connectivity index (χ2v) is 7.74. The molecule has 0 fully saturated rings. The molecule has 6 heteroatoms.